The largest absolute Gasteiger partial charge is 0.459 e. The summed E-state index contributed by atoms with van der Waals surface area (Å²) in [5.74, 6) is 0.110. The standard InChI is InChI=1S/C22H17FN2O2/c23-17-11-5-6-12-18(17)24-22(26)25-21(15-8-2-1-3-9-15)20-14-16-10-4-7-13-19(16)27-20/h1-14,21H,(H2,24,25,26). The molecule has 0 saturated carbocycles. The van der Waals surface area contributed by atoms with Crippen LogP contribution in [-0.2, 0) is 0 Å². The minimum absolute atomic E-state index is 0.117. The first-order valence-electron chi connectivity index (χ1n) is 8.56. The van der Waals surface area contributed by atoms with Crippen LogP contribution in [0.2, 0.25) is 0 Å². The molecule has 0 fully saturated rings. The Bertz CT molecular complexity index is 1040. The van der Waals surface area contributed by atoms with E-state index >= 15 is 0 Å². The van der Waals surface area contributed by atoms with Gasteiger partial charge < -0.3 is 15.1 Å². The SMILES string of the molecule is O=C(Nc1ccccc1F)NC(c1ccccc1)c1cc2ccccc2o1. The van der Waals surface area contributed by atoms with E-state index < -0.39 is 17.9 Å². The molecule has 3 aromatic carbocycles. The van der Waals surface area contributed by atoms with Crippen molar-refractivity contribution in [2.75, 3.05) is 5.32 Å². The second-order valence-corrected chi connectivity index (χ2v) is 6.11. The number of amides is 2. The van der Waals surface area contributed by atoms with E-state index in [4.69, 9.17) is 4.42 Å². The van der Waals surface area contributed by atoms with Crippen LogP contribution < -0.4 is 10.6 Å². The number of hydrogen-bond acceptors (Lipinski definition) is 2. The predicted molar refractivity (Wildman–Crippen MR) is 103 cm³/mol. The highest BCUT2D eigenvalue weighted by molar-refractivity contribution is 5.90. The van der Waals surface area contributed by atoms with Gasteiger partial charge in [0.05, 0.1) is 5.69 Å². The fraction of sp³-hybridized carbons (Fsp3) is 0.0455. The molecule has 0 radical (unpaired) electrons. The number of furan rings is 1. The lowest BCUT2D eigenvalue weighted by atomic mass is 10.0. The summed E-state index contributed by atoms with van der Waals surface area (Å²) >= 11 is 0. The Balaban J connectivity index is 1.64. The lowest BCUT2D eigenvalue weighted by molar-refractivity contribution is 0.248. The van der Waals surface area contributed by atoms with E-state index in [1.807, 2.05) is 60.7 Å². The molecule has 2 N–H and O–H groups in total. The number of benzene rings is 3. The molecule has 0 spiro atoms. The summed E-state index contributed by atoms with van der Waals surface area (Å²) in [5, 5.41) is 6.37. The Hall–Kier alpha value is -3.60. The lowest BCUT2D eigenvalue weighted by Gasteiger charge is -2.18. The number of carbonyl (C=O) groups excluding carboxylic acids is 1. The number of para-hydroxylation sites is 2. The lowest BCUT2D eigenvalue weighted by Crippen LogP contribution is -2.33. The summed E-state index contributed by atoms with van der Waals surface area (Å²) in [6.45, 7) is 0. The van der Waals surface area contributed by atoms with Crippen LogP contribution in [0.15, 0.2) is 89.3 Å². The Kier molecular flexibility index (Phi) is 4.58. The normalized spacial score (nSPS) is 11.9. The molecule has 1 aromatic heterocycles. The summed E-state index contributed by atoms with van der Waals surface area (Å²) in [4.78, 5) is 12.5. The van der Waals surface area contributed by atoms with Gasteiger partial charge in [-0.2, -0.15) is 0 Å². The van der Waals surface area contributed by atoms with Gasteiger partial charge in [0.2, 0.25) is 0 Å². The molecule has 134 valence electrons. The van der Waals surface area contributed by atoms with Gasteiger partial charge in [-0.3, -0.25) is 0 Å². The van der Waals surface area contributed by atoms with Gasteiger partial charge in [-0.25, -0.2) is 9.18 Å². The van der Waals surface area contributed by atoms with E-state index in [0.29, 0.717) is 5.76 Å². The van der Waals surface area contributed by atoms with Crippen LogP contribution in [0, 0.1) is 5.82 Å². The minimum Gasteiger partial charge on any atom is -0.459 e. The highest BCUT2D eigenvalue weighted by Gasteiger charge is 2.21. The van der Waals surface area contributed by atoms with E-state index in [1.54, 1.807) is 12.1 Å². The Labute approximate surface area is 155 Å². The van der Waals surface area contributed by atoms with Crippen molar-refractivity contribution in [3.8, 4) is 0 Å². The molecule has 1 unspecified atom stereocenters. The smallest absolute Gasteiger partial charge is 0.320 e. The molecule has 1 heterocycles. The van der Waals surface area contributed by atoms with Gasteiger partial charge >= 0.3 is 6.03 Å². The first-order valence-corrected chi connectivity index (χ1v) is 8.56. The van der Waals surface area contributed by atoms with Gasteiger partial charge in [0.25, 0.3) is 0 Å². The van der Waals surface area contributed by atoms with E-state index in [-0.39, 0.29) is 5.69 Å². The second kappa shape index (κ2) is 7.33. The van der Waals surface area contributed by atoms with Crippen molar-refractivity contribution in [3.63, 3.8) is 0 Å². The van der Waals surface area contributed by atoms with Gasteiger partial charge in [0.15, 0.2) is 0 Å². The zero-order valence-electron chi connectivity index (χ0n) is 14.4. The number of carbonyl (C=O) groups is 1. The summed E-state index contributed by atoms with van der Waals surface area (Å²) in [5.41, 5.74) is 1.72. The van der Waals surface area contributed by atoms with Crippen LogP contribution in [0.1, 0.15) is 17.4 Å². The average Bonchev–Trinajstić information content (AvgIpc) is 3.12. The molecule has 0 aliphatic carbocycles. The fourth-order valence-electron chi connectivity index (χ4n) is 2.96. The van der Waals surface area contributed by atoms with Gasteiger partial charge in [-0.1, -0.05) is 60.7 Å². The van der Waals surface area contributed by atoms with Crippen molar-refractivity contribution >= 4 is 22.7 Å². The average molecular weight is 360 g/mol. The second-order valence-electron chi connectivity index (χ2n) is 6.11. The van der Waals surface area contributed by atoms with Crippen LogP contribution in [0.3, 0.4) is 0 Å². The van der Waals surface area contributed by atoms with Crippen molar-refractivity contribution in [1.29, 1.82) is 0 Å². The number of anilines is 1. The van der Waals surface area contributed by atoms with Crippen LogP contribution in [0.25, 0.3) is 11.0 Å². The molecule has 0 bridgehead atoms. The highest BCUT2D eigenvalue weighted by Crippen LogP contribution is 2.28. The maximum Gasteiger partial charge on any atom is 0.320 e. The predicted octanol–water partition coefficient (Wildman–Crippen LogP) is 5.48. The molecule has 0 aliphatic rings. The maximum atomic E-state index is 13.8. The minimum atomic E-state index is -0.519. The zero-order valence-corrected chi connectivity index (χ0v) is 14.4. The molecule has 4 rings (SSSR count). The van der Waals surface area contributed by atoms with E-state index in [1.165, 1.54) is 12.1 Å². The van der Waals surface area contributed by atoms with Crippen molar-refractivity contribution in [3.05, 3.63) is 102 Å². The summed E-state index contributed by atoms with van der Waals surface area (Å²) < 4.78 is 19.8. The Morgan fingerprint density at radius 3 is 2.37 bits per heavy atom. The number of urea groups is 1. The number of rotatable bonds is 4. The van der Waals surface area contributed by atoms with Crippen molar-refractivity contribution in [2.24, 2.45) is 0 Å². The van der Waals surface area contributed by atoms with Gasteiger partial charge in [-0.05, 0) is 29.8 Å². The zero-order chi connectivity index (χ0) is 18.6. The first-order chi connectivity index (χ1) is 13.2. The quantitative estimate of drug-likeness (QED) is 0.506. The van der Waals surface area contributed by atoms with E-state index in [9.17, 15) is 9.18 Å². The molecule has 4 aromatic rings. The van der Waals surface area contributed by atoms with E-state index in [0.717, 1.165) is 16.5 Å². The summed E-state index contributed by atoms with van der Waals surface area (Å²) in [6, 6.07) is 24.0. The summed E-state index contributed by atoms with van der Waals surface area (Å²) in [7, 11) is 0. The molecule has 4 nitrogen and oxygen atoms in total. The van der Waals surface area contributed by atoms with Gasteiger partial charge in [0.1, 0.15) is 23.2 Å². The third-order valence-electron chi connectivity index (χ3n) is 4.26. The highest BCUT2D eigenvalue weighted by atomic mass is 19.1. The Morgan fingerprint density at radius 2 is 1.59 bits per heavy atom. The fourth-order valence-corrected chi connectivity index (χ4v) is 2.96. The van der Waals surface area contributed by atoms with Crippen LogP contribution in [0.4, 0.5) is 14.9 Å². The maximum absolute atomic E-state index is 13.8. The van der Waals surface area contributed by atoms with Gasteiger partial charge in [0, 0.05) is 5.39 Å². The summed E-state index contributed by atoms with van der Waals surface area (Å²) in [6.07, 6.45) is 0. The number of nitrogens with one attached hydrogen (secondary N) is 2. The van der Waals surface area contributed by atoms with Crippen LogP contribution in [-0.4, -0.2) is 6.03 Å². The number of fused-ring (bicyclic) bond motifs is 1. The van der Waals surface area contributed by atoms with Gasteiger partial charge in [-0.15, -0.1) is 0 Å². The molecule has 0 saturated heterocycles. The topological polar surface area (TPSA) is 54.3 Å². The van der Waals surface area contributed by atoms with Crippen molar-refractivity contribution in [1.82, 2.24) is 5.32 Å². The molecular formula is C22H17FN2O2. The number of halogens is 1. The van der Waals surface area contributed by atoms with Crippen LogP contribution >= 0.6 is 0 Å². The molecule has 5 heteroatoms. The Morgan fingerprint density at radius 1 is 0.889 bits per heavy atom. The molecule has 1 atom stereocenters. The monoisotopic (exact) mass is 360 g/mol. The van der Waals surface area contributed by atoms with Crippen molar-refractivity contribution < 1.29 is 13.6 Å². The first kappa shape index (κ1) is 16.8. The molecular weight excluding hydrogens is 343 g/mol. The molecule has 2 amide bonds. The third-order valence-corrected chi connectivity index (χ3v) is 4.26. The van der Waals surface area contributed by atoms with Crippen LogP contribution in [0.5, 0.6) is 0 Å². The van der Waals surface area contributed by atoms with Crippen molar-refractivity contribution in [2.45, 2.75) is 6.04 Å². The third kappa shape index (κ3) is 3.67. The number of hydrogen-bond donors (Lipinski definition) is 2. The molecule has 27 heavy (non-hydrogen) atoms. The molecule has 0 aliphatic heterocycles. The van der Waals surface area contributed by atoms with E-state index in [2.05, 4.69) is 10.6 Å².